The van der Waals surface area contributed by atoms with Crippen LogP contribution in [0.1, 0.15) is 36.5 Å². The van der Waals surface area contributed by atoms with Gasteiger partial charge in [-0.3, -0.25) is 9.48 Å². The number of benzene rings is 1. The van der Waals surface area contributed by atoms with Gasteiger partial charge in [0.1, 0.15) is 5.82 Å². The van der Waals surface area contributed by atoms with Crippen molar-refractivity contribution in [3.8, 4) is 0 Å². The van der Waals surface area contributed by atoms with E-state index in [9.17, 15) is 9.18 Å². The number of primary amides is 1. The van der Waals surface area contributed by atoms with Crippen LogP contribution in [0.25, 0.3) is 10.9 Å². The SMILES string of the molecule is C[C@H](N)[C@H](Nc1nc(Nc2ccc3c(c2)c(N(C)C)nn3C)c(C(N)=O)cc1F)C1CCC1. The van der Waals surface area contributed by atoms with Gasteiger partial charge in [0.2, 0.25) is 0 Å². The lowest BCUT2D eigenvalue weighted by molar-refractivity contribution is 0.100. The second-order valence-electron chi connectivity index (χ2n) is 9.00. The number of carbonyl (C=O) groups excluding carboxylic acids is 1. The number of nitrogens with two attached hydrogens (primary N) is 2. The molecule has 33 heavy (non-hydrogen) atoms. The Hall–Kier alpha value is -3.40. The average Bonchev–Trinajstić information content (AvgIpc) is 3.04. The van der Waals surface area contributed by atoms with Crippen molar-refractivity contribution in [3.05, 3.63) is 35.6 Å². The number of aryl methyl sites for hydroxylation is 1. The van der Waals surface area contributed by atoms with Gasteiger partial charge in [0.05, 0.1) is 11.1 Å². The normalized spacial score (nSPS) is 15.7. The summed E-state index contributed by atoms with van der Waals surface area (Å²) in [5.74, 6) is -0.00500. The van der Waals surface area contributed by atoms with Crippen molar-refractivity contribution in [2.75, 3.05) is 29.6 Å². The van der Waals surface area contributed by atoms with Crippen molar-refractivity contribution < 1.29 is 9.18 Å². The van der Waals surface area contributed by atoms with E-state index in [-0.39, 0.29) is 29.3 Å². The fourth-order valence-corrected chi connectivity index (χ4v) is 4.30. The molecule has 1 aromatic carbocycles. The number of fused-ring (bicyclic) bond motifs is 1. The molecule has 0 unspecified atom stereocenters. The Balaban J connectivity index is 1.71. The molecule has 0 radical (unpaired) electrons. The molecule has 0 aliphatic heterocycles. The maximum absolute atomic E-state index is 14.9. The second-order valence-corrected chi connectivity index (χ2v) is 9.00. The van der Waals surface area contributed by atoms with Gasteiger partial charge in [-0.15, -0.1) is 0 Å². The van der Waals surface area contributed by atoms with Crippen LogP contribution in [0.5, 0.6) is 0 Å². The Kier molecular flexibility index (Phi) is 6.11. The molecule has 176 valence electrons. The number of nitrogens with one attached hydrogen (secondary N) is 2. The molecule has 0 bridgehead atoms. The highest BCUT2D eigenvalue weighted by Crippen LogP contribution is 2.34. The third kappa shape index (κ3) is 4.43. The van der Waals surface area contributed by atoms with E-state index in [1.54, 1.807) is 4.68 Å². The number of aromatic nitrogens is 3. The first-order valence-electron chi connectivity index (χ1n) is 11.1. The number of rotatable bonds is 8. The molecule has 2 atom stereocenters. The van der Waals surface area contributed by atoms with E-state index in [1.807, 2.05) is 51.2 Å². The summed E-state index contributed by atoms with van der Waals surface area (Å²) in [6.45, 7) is 1.90. The van der Waals surface area contributed by atoms with Crippen LogP contribution in [0.2, 0.25) is 0 Å². The number of anilines is 4. The number of halogens is 1. The Labute approximate surface area is 192 Å². The molecular weight excluding hydrogens is 423 g/mol. The molecule has 0 spiro atoms. The lowest BCUT2D eigenvalue weighted by Crippen LogP contribution is -2.46. The number of hydrogen-bond acceptors (Lipinski definition) is 7. The fraction of sp³-hybridized carbons (Fsp3) is 0.435. The smallest absolute Gasteiger partial charge is 0.252 e. The first-order valence-corrected chi connectivity index (χ1v) is 11.1. The van der Waals surface area contributed by atoms with Crippen molar-refractivity contribution >= 4 is 40.0 Å². The van der Waals surface area contributed by atoms with E-state index < -0.39 is 11.7 Å². The molecule has 4 rings (SSSR count). The standard InChI is InChI=1S/C23H31FN8O/c1-12(25)19(13-6-5-7-13)28-22-17(24)11-16(20(26)33)21(29-22)27-14-8-9-18-15(10-14)23(31(2)3)30-32(18)4/h8-13,19H,5-7,25H2,1-4H3,(H2,26,33)(H2,27,28,29)/t12-,19-/m0/s1. The van der Waals surface area contributed by atoms with E-state index in [0.29, 0.717) is 11.6 Å². The van der Waals surface area contributed by atoms with Crippen LogP contribution >= 0.6 is 0 Å². The molecule has 2 aromatic heterocycles. The van der Waals surface area contributed by atoms with Crippen molar-refractivity contribution in [2.24, 2.45) is 24.4 Å². The summed E-state index contributed by atoms with van der Waals surface area (Å²) in [5, 5.41) is 11.8. The van der Waals surface area contributed by atoms with Crippen molar-refractivity contribution in [3.63, 3.8) is 0 Å². The Morgan fingerprint density at radius 3 is 2.58 bits per heavy atom. The first kappa shape index (κ1) is 22.8. The quantitative estimate of drug-likeness (QED) is 0.412. The maximum atomic E-state index is 14.9. The monoisotopic (exact) mass is 454 g/mol. The fourth-order valence-electron chi connectivity index (χ4n) is 4.30. The van der Waals surface area contributed by atoms with Gasteiger partial charge in [0.25, 0.3) is 5.91 Å². The minimum atomic E-state index is -0.769. The van der Waals surface area contributed by atoms with Crippen LogP contribution in [0, 0.1) is 11.7 Å². The maximum Gasteiger partial charge on any atom is 0.252 e. The van der Waals surface area contributed by atoms with Gasteiger partial charge in [0.15, 0.2) is 17.5 Å². The van der Waals surface area contributed by atoms with Gasteiger partial charge < -0.3 is 27.0 Å². The van der Waals surface area contributed by atoms with Gasteiger partial charge in [-0.1, -0.05) is 6.42 Å². The van der Waals surface area contributed by atoms with Crippen molar-refractivity contribution in [1.82, 2.24) is 14.8 Å². The van der Waals surface area contributed by atoms with Crippen LogP contribution in [0.3, 0.4) is 0 Å². The molecule has 0 saturated heterocycles. The molecular formula is C23H31FN8O. The molecule has 1 aliphatic rings. The lowest BCUT2D eigenvalue weighted by atomic mass is 9.77. The Morgan fingerprint density at radius 2 is 2.00 bits per heavy atom. The Bertz CT molecular complexity index is 1180. The van der Waals surface area contributed by atoms with Crippen LogP contribution < -0.4 is 27.0 Å². The van der Waals surface area contributed by atoms with Gasteiger partial charge in [-0.05, 0) is 49.9 Å². The molecule has 1 fully saturated rings. The molecule has 10 heteroatoms. The van der Waals surface area contributed by atoms with Gasteiger partial charge in [0, 0.05) is 44.3 Å². The second kappa shape index (κ2) is 8.86. The largest absolute Gasteiger partial charge is 0.365 e. The summed E-state index contributed by atoms with van der Waals surface area (Å²) < 4.78 is 16.7. The molecule has 6 N–H and O–H groups in total. The van der Waals surface area contributed by atoms with Crippen LogP contribution in [-0.2, 0) is 7.05 Å². The highest BCUT2D eigenvalue weighted by atomic mass is 19.1. The lowest BCUT2D eigenvalue weighted by Gasteiger charge is -2.37. The first-order chi connectivity index (χ1) is 15.7. The summed E-state index contributed by atoms with van der Waals surface area (Å²) in [6, 6.07) is 6.52. The highest BCUT2D eigenvalue weighted by molar-refractivity contribution is 5.99. The molecule has 1 saturated carbocycles. The number of hydrogen-bond donors (Lipinski definition) is 4. The average molecular weight is 455 g/mol. The van der Waals surface area contributed by atoms with Gasteiger partial charge in [-0.2, -0.15) is 5.10 Å². The molecule has 9 nitrogen and oxygen atoms in total. The van der Waals surface area contributed by atoms with Crippen LogP contribution in [0.15, 0.2) is 24.3 Å². The minimum Gasteiger partial charge on any atom is -0.365 e. The van der Waals surface area contributed by atoms with E-state index in [2.05, 4.69) is 20.7 Å². The number of pyridine rings is 1. The van der Waals surface area contributed by atoms with Crippen molar-refractivity contribution in [2.45, 2.75) is 38.3 Å². The van der Waals surface area contributed by atoms with E-state index in [0.717, 1.165) is 42.0 Å². The van der Waals surface area contributed by atoms with Gasteiger partial charge in [-0.25, -0.2) is 9.37 Å². The molecule has 1 aliphatic carbocycles. The predicted octanol–water partition coefficient (Wildman–Crippen LogP) is 2.94. The van der Waals surface area contributed by atoms with E-state index in [1.165, 1.54) is 0 Å². The molecule has 2 heterocycles. The molecule has 1 amide bonds. The summed E-state index contributed by atoms with van der Waals surface area (Å²) in [6.07, 6.45) is 3.24. The highest BCUT2D eigenvalue weighted by Gasteiger charge is 2.31. The third-order valence-electron chi connectivity index (χ3n) is 6.29. The molecule has 3 aromatic rings. The zero-order valence-corrected chi connectivity index (χ0v) is 19.4. The van der Waals surface area contributed by atoms with E-state index in [4.69, 9.17) is 11.5 Å². The summed E-state index contributed by atoms with van der Waals surface area (Å²) in [5.41, 5.74) is 13.3. The number of carbonyl (C=O) groups is 1. The predicted molar refractivity (Wildman–Crippen MR) is 129 cm³/mol. The number of nitrogens with zero attached hydrogens (tertiary/aromatic N) is 4. The van der Waals surface area contributed by atoms with Crippen LogP contribution in [-0.4, -0.2) is 46.9 Å². The summed E-state index contributed by atoms with van der Waals surface area (Å²) in [7, 11) is 5.72. The zero-order chi connectivity index (χ0) is 23.9. The number of amides is 1. The van der Waals surface area contributed by atoms with Gasteiger partial charge >= 0.3 is 0 Å². The van der Waals surface area contributed by atoms with E-state index >= 15 is 0 Å². The third-order valence-corrected chi connectivity index (χ3v) is 6.29. The minimum absolute atomic E-state index is 0.0295. The summed E-state index contributed by atoms with van der Waals surface area (Å²) >= 11 is 0. The zero-order valence-electron chi connectivity index (χ0n) is 19.4. The topological polar surface area (TPSA) is 127 Å². The Morgan fingerprint density at radius 1 is 1.27 bits per heavy atom. The van der Waals surface area contributed by atoms with Crippen molar-refractivity contribution in [1.29, 1.82) is 0 Å². The van der Waals surface area contributed by atoms with Crippen LogP contribution in [0.4, 0.5) is 27.5 Å². The summed E-state index contributed by atoms with van der Waals surface area (Å²) in [4.78, 5) is 18.4.